The van der Waals surface area contributed by atoms with Crippen molar-refractivity contribution in [3.63, 3.8) is 0 Å². The highest BCUT2D eigenvalue weighted by atomic mass is 127. The van der Waals surface area contributed by atoms with Crippen LogP contribution in [-0.2, 0) is 12.8 Å². The first-order chi connectivity index (χ1) is 9.67. The summed E-state index contributed by atoms with van der Waals surface area (Å²) < 4.78 is 6.29. The molecule has 1 aliphatic rings. The number of aliphatic imine (C=N–C) groups is 1. The summed E-state index contributed by atoms with van der Waals surface area (Å²) in [6.45, 7) is 2.27. The fourth-order valence-corrected chi connectivity index (χ4v) is 4.20. The van der Waals surface area contributed by atoms with Crippen molar-refractivity contribution >= 4 is 45.1 Å². The van der Waals surface area contributed by atoms with Crippen molar-refractivity contribution < 1.29 is 4.42 Å². The summed E-state index contributed by atoms with van der Waals surface area (Å²) in [4.78, 5) is 5.80. The zero-order valence-corrected chi connectivity index (χ0v) is 14.0. The second-order valence-electron chi connectivity index (χ2n) is 5.04. The molecule has 2 heterocycles. The van der Waals surface area contributed by atoms with Crippen LogP contribution in [0, 0.1) is 21.0 Å². The third kappa shape index (κ3) is 2.67. The van der Waals surface area contributed by atoms with Crippen LogP contribution in [0.2, 0.25) is 0 Å². The molecule has 1 atom stereocenters. The Hall–Kier alpha value is -1.13. The van der Waals surface area contributed by atoms with Crippen LogP contribution in [0.5, 0.6) is 0 Å². The molecule has 5 heteroatoms. The molecule has 0 spiro atoms. The Morgan fingerprint density at radius 1 is 1.55 bits per heavy atom. The van der Waals surface area contributed by atoms with Crippen molar-refractivity contribution in [1.29, 1.82) is 5.26 Å². The second kappa shape index (κ2) is 5.70. The van der Waals surface area contributed by atoms with Gasteiger partial charge in [0.2, 0.25) is 0 Å². The number of rotatable bonds is 2. The molecule has 0 saturated carbocycles. The van der Waals surface area contributed by atoms with E-state index in [1.54, 1.807) is 17.6 Å². The largest absolute Gasteiger partial charge is 0.449 e. The van der Waals surface area contributed by atoms with Crippen LogP contribution >= 0.6 is 33.9 Å². The van der Waals surface area contributed by atoms with E-state index in [0.29, 0.717) is 5.92 Å². The summed E-state index contributed by atoms with van der Waals surface area (Å²) >= 11 is 3.78. The smallest absolute Gasteiger partial charge is 0.164 e. The maximum atomic E-state index is 9.39. The lowest BCUT2D eigenvalue weighted by atomic mass is 9.89. The molecule has 2 aromatic rings. The SMILES string of the molecule is C[C@@H]1CCc2c(sc(N=Cc3ccc(I)o3)c2C#N)C1. The van der Waals surface area contributed by atoms with Crippen LogP contribution in [0.25, 0.3) is 0 Å². The molecule has 3 rings (SSSR count). The summed E-state index contributed by atoms with van der Waals surface area (Å²) in [5, 5.41) is 10.2. The van der Waals surface area contributed by atoms with Crippen LogP contribution in [0.3, 0.4) is 0 Å². The van der Waals surface area contributed by atoms with Gasteiger partial charge in [-0.2, -0.15) is 5.26 Å². The Balaban J connectivity index is 1.94. The molecule has 102 valence electrons. The standard InChI is InChI=1S/C15H13IN2OS/c1-9-2-4-11-12(7-17)15(20-13(11)6-9)18-8-10-3-5-14(16)19-10/h3,5,8-9H,2,4,6H2,1H3/t9-/m1/s1. The number of hydrogen-bond acceptors (Lipinski definition) is 4. The van der Waals surface area contributed by atoms with Crippen LogP contribution in [-0.4, -0.2) is 6.21 Å². The van der Waals surface area contributed by atoms with E-state index in [4.69, 9.17) is 4.42 Å². The van der Waals surface area contributed by atoms with E-state index < -0.39 is 0 Å². The van der Waals surface area contributed by atoms with Crippen LogP contribution in [0.4, 0.5) is 5.00 Å². The van der Waals surface area contributed by atoms with Gasteiger partial charge in [0.1, 0.15) is 16.8 Å². The number of thiophene rings is 1. The molecular formula is C15H13IN2OS. The third-order valence-electron chi connectivity index (χ3n) is 3.51. The predicted octanol–water partition coefficient (Wildman–Crippen LogP) is 4.69. The molecule has 0 fully saturated rings. The highest BCUT2D eigenvalue weighted by molar-refractivity contribution is 14.1. The highest BCUT2D eigenvalue weighted by Crippen LogP contribution is 2.40. The molecular weight excluding hydrogens is 383 g/mol. The molecule has 0 amide bonds. The van der Waals surface area contributed by atoms with E-state index in [1.807, 2.05) is 12.1 Å². The molecule has 2 aromatic heterocycles. The lowest BCUT2D eigenvalue weighted by Crippen LogP contribution is -2.09. The molecule has 0 bridgehead atoms. The zero-order valence-electron chi connectivity index (χ0n) is 11.0. The number of hydrogen-bond donors (Lipinski definition) is 0. The first kappa shape index (κ1) is 13.8. The maximum absolute atomic E-state index is 9.39. The van der Waals surface area contributed by atoms with E-state index >= 15 is 0 Å². The van der Waals surface area contributed by atoms with Crippen molar-refractivity contribution in [1.82, 2.24) is 0 Å². The lowest BCUT2D eigenvalue weighted by molar-refractivity contribution is 0.507. The van der Waals surface area contributed by atoms with E-state index in [1.165, 1.54) is 10.4 Å². The first-order valence-electron chi connectivity index (χ1n) is 6.51. The molecule has 0 radical (unpaired) electrons. The van der Waals surface area contributed by atoms with Crippen LogP contribution < -0.4 is 0 Å². The van der Waals surface area contributed by atoms with Crippen LogP contribution in [0.15, 0.2) is 21.5 Å². The normalized spacial score (nSPS) is 18.1. The minimum absolute atomic E-state index is 0.705. The van der Waals surface area contributed by atoms with Gasteiger partial charge in [0.15, 0.2) is 3.77 Å². The maximum Gasteiger partial charge on any atom is 0.164 e. The molecule has 0 aliphatic heterocycles. The average Bonchev–Trinajstić information content (AvgIpc) is 2.98. The average molecular weight is 396 g/mol. The van der Waals surface area contributed by atoms with Crippen molar-refractivity contribution in [2.75, 3.05) is 0 Å². The van der Waals surface area contributed by atoms with E-state index in [0.717, 1.165) is 39.4 Å². The minimum atomic E-state index is 0.705. The fourth-order valence-electron chi connectivity index (χ4n) is 2.46. The first-order valence-corrected chi connectivity index (χ1v) is 8.41. The molecule has 3 nitrogen and oxygen atoms in total. The monoisotopic (exact) mass is 396 g/mol. The summed E-state index contributed by atoms with van der Waals surface area (Å²) in [5.41, 5.74) is 1.98. The van der Waals surface area contributed by atoms with Gasteiger partial charge in [-0.05, 0) is 65.5 Å². The van der Waals surface area contributed by atoms with Gasteiger partial charge in [-0.3, -0.25) is 0 Å². The van der Waals surface area contributed by atoms with Gasteiger partial charge in [-0.1, -0.05) is 6.92 Å². The quantitative estimate of drug-likeness (QED) is 0.546. The highest BCUT2D eigenvalue weighted by Gasteiger charge is 2.23. The number of furan rings is 1. The Morgan fingerprint density at radius 2 is 2.40 bits per heavy atom. The molecule has 0 N–H and O–H groups in total. The molecule has 0 aromatic carbocycles. The van der Waals surface area contributed by atoms with Crippen molar-refractivity contribution in [2.45, 2.75) is 26.2 Å². The summed E-state index contributed by atoms with van der Waals surface area (Å²) in [6.07, 6.45) is 4.94. The van der Waals surface area contributed by atoms with Crippen molar-refractivity contribution in [2.24, 2.45) is 10.9 Å². The van der Waals surface area contributed by atoms with Crippen molar-refractivity contribution in [3.05, 3.63) is 37.7 Å². The third-order valence-corrected chi connectivity index (χ3v) is 5.25. The van der Waals surface area contributed by atoms with E-state index in [-0.39, 0.29) is 0 Å². The van der Waals surface area contributed by atoms with Gasteiger partial charge in [0, 0.05) is 4.88 Å². The number of halogens is 1. The van der Waals surface area contributed by atoms with Gasteiger partial charge in [-0.25, -0.2) is 4.99 Å². The Morgan fingerprint density at radius 3 is 3.10 bits per heavy atom. The molecule has 0 saturated heterocycles. The Bertz CT molecular complexity index is 708. The summed E-state index contributed by atoms with van der Waals surface area (Å²) in [6, 6.07) is 6.10. The zero-order chi connectivity index (χ0) is 14.1. The molecule has 1 aliphatic carbocycles. The minimum Gasteiger partial charge on any atom is -0.449 e. The summed E-state index contributed by atoms with van der Waals surface area (Å²) in [5.74, 6) is 1.43. The van der Waals surface area contributed by atoms with Gasteiger partial charge in [0.25, 0.3) is 0 Å². The number of nitriles is 1. The van der Waals surface area contributed by atoms with Crippen LogP contribution in [0.1, 0.15) is 35.1 Å². The fraction of sp³-hybridized carbons (Fsp3) is 0.333. The number of fused-ring (bicyclic) bond motifs is 1. The topological polar surface area (TPSA) is 49.3 Å². The van der Waals surface area contributed by atoms with E-state index in [9.17, 15) is 5.26 Å². The molecule has 20 heavy (non-hydrogen) atoms. The Labute approximate surface area is 135 Å². The summed E-state index contributed by atoms with van der Waals surface area (Å²) in [7, 11) is 0. The molecule has 0 unspecified atom stereocenters. The van der Waals surface area contributed by atoms with Crippen molar-refractivity contribution in [3.8, 4) is 6.07 Å². The van der Waals surface area contributed by atoms with Gasteiger partial charge < -0.3 is 4.42 Å². The van der Waals surface area contributed by atoms with Gasteiger partial charge in [0.05, 0.1) is 11.8 Å². The number of nitrogens with zero attached hydrogens (tertiary/aromatic N) is 2. The lowest BCUT2D eigenvalue weighted by Gasteiger charge is -2.17. The second-order valence-corrected chi connectivity index (χ2v) is 7.19. The van der Waals surface area contributed by atoms with Gasteiger partial charge in [-0.15, -0.1) is 11.3 Å². The predicted molar refractivity (Wildman–Crippen MR) is 88.9 cm³/mol. The Kier molecular flexibility index (Phi) is 3.94. The van der Waals surface area contributed by atoms with E-state index in [2.05, 4.69) is 40.6 Å². The van der Waals surface area contributed by atoms with Gasteiger partial charge >= 0.3 is 0 Å².